The topological polar surface area (TPSA) is 37.3 Å². The molecule has 0 saturated carbocycles. The van der Waals surface area contributed by atoms with E-state index in [1.807, 2.05) is 0 Å². The molecule has 0 aliphatic heterocycles. The van der Waals surface area contributed by atoms with E-state index in [9.17, 15) is 14.3 Å². The first kappa shape index (κ1) is 15.2. The summed E-state index contributed by atoms with van der Waals surface area (Å²) in [5, 5.41) is 10.1. The van der Waals surface area contributed by atoms with Crippen molar-refractivity contribution in [3.8, 4) is 0 Å². The molecule has 1 aliphatic carbocycles. The van der Waals surface area contributed by atoms with Crippen LogP contribution in [0.4, 0.5) is 4.39 Å². The molecule has 0 fully saturated rings. The molecule has 20 heavy (non-hydrogen) atoms. The van der Waals surface area contributed by atoms with Gasteiger partial charge in [-0.05, 0) is 30.4 Å². The van der Waals surface area contributed by atoms with E-state index in [1.165, 1.54) is 31.4 Å². The van der Waals surface area contributed by atoms with Gasteiger partial charge in [-0.3, -0.25) is 4.79 Å². The highest BCUT2D eigenvalue weighted by molar-refractivity contribution is 6.01. The Labute approximate surface area is 120 Å². The first-order chi connectivity index (χ1) is 9.65. The summed E-state index contributed by atoms with van der Waals surface area (Å²) < 4.78 is 13.8. The number of ketones is 1. The van der Waals surface area contributed by atoms with E-state index >= 15 is 0 Å². The van der Waals surface area contributed by atoms with Crippen molar-refractivity contribution in [1.29, 1.82) is 0 Å². The number of Topliss-reactive ketones (excluding diaryl/α,β-unsaturated/α-hetero) is 1. The van der Waals surface area contributed by atoms with Gasteiger partial charge in [-0.25, -0.2) is 4.39 Å². The number of hydrogen-bond acceptors (Lipinski definition) is 2. The van der Waals surface area contributed by atoms with Gasteiger partial charge in [0.1, 0.15) is 11.9 Å². The van der Waals surface area contributed by atoms with E-state index in [1.54, 1.807) is 6.07 Å². The maximum absolute atomic E-state index is 13.8. The highest BCUT2D eigenvalue weighted by atomic mass is 19.1. The Balaban J connectivity index is 1.99. The Morgan fingerprint density at radius 2 is 2.00 bits per heavy atom. The summed E-state index contributed by atoms with van der Waals surface area (Å²) in [5.74, 6) is -0.767. The average Bonchev–Trinajstić information content (AvgIpc) is 2.45. The molecule has 1 N–H and O–H groups in total. The minimum Gasteiger partial charge on any atom is -0.385 e. The number of rotatable bonds is 6. The van der Waals surface area contributed by atoms with E-state index in [-0.39, 0.29) is 17.5 Å². The maximum Gasteiger partial charge on any atom is 0.191 e. The summed E-state index contributed by atoms with van der Waals surface area (Å²) in [4.78, 5) is 12.1. The Kier molecular flexibility index (Phi) is 5.30. The largest absolute Gasteiger partial charge is 0.385 e. The number of aliphatic hydroxyl groups is 1. The van der Waals surface area contributed by atoms with Crippen LogP contribution < -0.4 is 0 Å². The summed E-state index contributed by atoms with van der Waals surface area (Å²) in [5.41, 5.74) is 0.848. The van der Waals surface area contributed by atoms with Crippen molar-refractivity contribution in [3.63, 3.8) is 0 Å². The molecule has 0 aromatic heterocycles. The summed E-state index contributed by atoms with van der Waals surface area (Å²) in [6, 6.07) is 4.54. The van der Waals surface area contributed by atoms with Crippen LogP contribution in [0.5, 0.6) is 0 Å². The van der Waals surface area contributed by atoms with E-state index in [0.717, 1.165) is 19.3 Å². The zero-order valence-electron chi connectivity index (χ0n) is 12.1. The third kappa shape index (κ3) is 3.26. The molecule has 0 saturated heterocycles. The van der Waals surface area contributed by atoms with Gasteiger partial charge < -0.3 is 5.11 Å². The molecule has 2 rings (SSSR count). The summed E-state index contributed by atoms with van der Waals surface area (Å²) in [6.45, 7) is 2.17. The number of halogens is 1. The van der Waals surface area contributed by atoms with Gasteiger partial charge in [0, 0.05) is 5.56 Å². The van der Waals surface area contributed by atoms with Gasteiger partial charge in [-0.15, -0.1) is 0 Å². The normalized spacial score (nSPS) is 21.9. The number of hydrogen-bond donors (Lipinski definition) is 1. The average molecular weight is 278 g/mol. The molecule has 0 spiro atoms. The Morgan fingerprint density at radius 3 is 2.75 bits per heavy atom. The standard InChI is InChI=1S/C17H23FO2/c1-2-3-4-5-6-8-12-11-14-13(17(20)16(12)19)9-7-10-15(14)18/h7,9-10,12,16,19H,2-6,8,11H2,1H3. The predicted octanol–water partition coefficient (Wildman–Crippen LogP) is 3.90. The number of carbonyl (C=O) groups is 1. The fourth-order valence-electron chi connectivity index (χ4n) is 3.01. The summed E-state index contributed by atoms with van der Waals surface area (Å²) in [6.07, 6.45) is 6.04. The number of carbonyl (C=O) groups excluding carboxylic acids is 1. The van der Waals surface area contributed by atoms with Crippen molar-refractivity contribution >= 4 is 5.78 Å². The van der Waals surface area contributed by atoms with Crippen molar-refractivity contribution < 1.29 is 14.3 Å². The third-order valence-electron chi connectivity index (χ3n) is 4.24. The van der Waals surface area contributed by atoms with Crippen LogP contribution in [0.2, 0.25) is 0 Å². The number of benzene rings is 1. The van der Waals surface area contributed by atoms with Gasteiger partial charge >= 0.3 is 0 Å². The molecule has 3 heteroatoms. The lowest BCUT2D eigenvalue weighted by molar-refractivity contribution is 0.0546. The highest BCUT2D eigenvalue weighted by Gasteiger charge is 2.34. The number of unbranched alkanes of at least 4 members (excludes halogenated alkanes) is 4. The second kappa shape index (κ2) is 6.98. The summed E-state index contributed by atoms with van der Waals surface area (Å²) >= 11 is 0. The summed E-state index contributed by atoms with van der Waals surface area (Å²) in [7, 11) is 0. The lowest BCUT2D eigenvalue weighted by atomic mass is 9.78. The quantitative estimate of drug-likeness (QED) is 0.801. The Morgan fingerprint density at radius 1 is 1.25 bits per heavy atom. The van der Waals surface area contributed by atoms with Crippen molar-refractivity contribution in [2.45, 2.75) is 58.0 Å². The Hall–Kier alpha value is -1.22. The number of fused-ring (bicyclic) bond motifs is 1. The highest BCUT2D eigenvalue weighted by Crippen LogP contribution is 2.31. The molecule has 0 radical (unpaired) electrons. The van der Waals surface area contributed by atoms with Gasteiger partial charge in [0.25, 0.3) is 0 Å². The van der Waals surface area contributed by atoms with Crippen molar-refractivity contribution in [3.05, 3.63) is 35.1 Å². The fraction of sp³-hybridized carbons (Fsp3) is 0.588. The van der Waals surface area contributed by atoms with Crippen LogP contribution in [-0.2, 0) is 6.42 Å². The Bertz CT molecular complexity index is 470. The molecule has 1 aliphatic rings. The van der Waals surface area contributed by atoms with Crippen LogP contribution in [0, 0.1) is 11.7 Å². The van der Waals surface area contributed by atoms with Gasteiger partial charge in [0.2, 0.25) is 0 Å². The molecule has 2 unspecified atom stereocenters. The lowest BCUT2D eigenvalue weighted by Gasteiger charge is -2.28. The van der Waals surface area contributed by atoms with Crippen molar-refractivity contribution in [2.24, 2.45) is 5.92 Å². The molecule has 2 nitrogen and oxygen atoms in total. The van der Waals surface area contributed by atoms with Gasteiger partial charge in [-0.2, -0.15) is 0 Å². The minimum atomic E-state index is -0.963. The van der Waals surface area contributed by atoms with Crippen molar-refractivity contribution in [1.82, 2.24) is 0 Å². The molecule has 0 heterocycles. The zero-order chi connectivity index (χ0) is 14.5. The van der Waals surface area contributed by atoms with Gasteiger partial charge in [0.05, 0.1) is 0 Å². The molecule has 1 aromatic rings. The van der Waals surface area contributed by atoms with E-state index in [2.05, 4.69) is 6.92 Å². The van der Waals surface area contributed by atoms with Crippen LogP contribution in [0.1, 0.15) is 61.4 Å². The first-order valence-electron chi connectivity index (χ1n) is 7.64. The first-order valence-corrected chi connectivity index (χ1v) is 7.64. The second-order valence-electron chi connectivity index (χ2n) is 5.74. The van der Waals surface area contributed by atoms with Crippen LogP contribution >= 0.6 is 0 Å². The van der Waals surface area contributed by atoms with Gasteiger partial charge in [0.15, 0.2) is 5.78 Å². The van der Waals surface area contributed by atoms with Crippen LogP contribution in [-0.4, -0.2) is 17.0 Å². The van der Waals surface area contributed by atoms with Crippen LogP contribution in [0.25, 0.3) is 0 Å². The zero-order valence-corrected chi connectivity index (χ0v) is 12.1. The van der Waals surface area contributed by atoms with Crippen LogP contribution in [0.3, 0.4) is 0 Å². The van der Waals surface area contributed by atoms with E-state index in [4.69, 9.17) is 0 Å². The molecule has 0 amide bonds. The molecular formula is C17H23FO2. The SMILES string of the molecule is CCCCCCCC1Cc2c(F)cccc2C(=O)C1O. The van der Waals surface area contributed by atoms with Crippen molar-refractivity contribution in [2.75, 3.05) is 0 Å². The minimum absolute atomic E-state index is 0.131. The third-order valence-corrected chi connectivity index (χ3v) is 4.24. The molecule has 0 bridgehead atoms. The number of aliphatic hydroxyl groups excluding tert-OH is 1. The smallest absolute Gasteiger partial charge is 0.191 e. The predicted molar refractivity (Wildman–Crippen MR) is 77.3 cm³/mol. The lowest BCUT2D eigenvalue weighted by Crippen LogP contribution is -2.36. The van der Waals surface area contributed by atoms with E-state index in [0.29, 0.717) is 17.5 Å². The molecule has 1 aromatic carbocycles. The monoisotopic (exact) mass is 278 g/mol. The van der Waals surface area contributed by atoms with Gasteiger partial charge in [-0.1, -0.05) is 51.2 Å². The van der Waals surface area contributed by atoms with E-state index < -0.39 is 6.10 Å². The fourth-order valence-corrected chi connectivity index (χ4v) is 3.01. The molecule has 2 atom stereocenters. The molecule has 110 valence electrons. The molecular weight excluding hydrogens is 255 g/mol. The van der Waals surface area contributed by atoms with Crippen LogP contribution in [0.15, 0.2) is 18.2 Å². The second-order valence-corrected chi connectivity index (χ2v) is 5.74. The maximum atomic E-state index is 13.8.